The zero-order chi connectivity index (χ0) is 17.9. The van der Waals surface area contributed by atoms with E-state index in [1.807, 2.05) is 0 Å². The van der Waals surface area contributed by atoms with Gasteiger partial charge in [0.2, 0.25) is 0 Å². The van der Waals surface area contributed by atoms with Gasteiger partial charge in [0.1, 0.15) is 0 Å². The number of rotatable bonds is 19. The van der Waals surface area contributed by atoms with Gasteiger partial charge >= 0.3 is 161 Å². The molecule has 0 rings (SSSR count). The predicted octanol–water partition coefficient (Wildman–Crippen LogP) is 3.40. The van der Waals surface area contributed by atoms with Crippen molar-refractivity contribution in [3.63, 3.8) is 0 Å². The molecule has 0 unspecified atom stereocenters. The van der Waals surface area contributed by atoms with Gasteiger partial charge in [-0.25, -0.2) is 0 Å². The molecule has 0 aromatic carbocycles. The molecule has 0 fully saturated rings. The van der Waals surface area contributed by atoms with E-state index < -0.39 is 10.1 Å². The van der Waals surface area contributed by atoms with Gasteiger partial charge in [-0.05, 0) is 0 Å². The number of hydrogen-bond acceptors (Lipinski definition) is 2. The third kappa shape index (κ3) is 27.7. The van der Waals surface area contributed by atoms with E-state index in [1.165, 1.54) is 95.2 Å². The molecular formula is C19H41NaO3SSe. The van der Waals surface area contributed by atoms with Crippen molar-refractivity contribution in [3.8, 4) is 0 Å². The molecule has 0 aliphatic carbocycles. The second-order valence-electron chi connectivity index (χ2n) is 6.85. The van der Waals surface area contributed by atoms with Crippen molar-refractivity contribution >= 4 is 25.1 Å². The van der Waals surface area contributed by atoms with Crippen LogP contribution in [0.4, 0.5) is 0 Å². The fourth-order valence-corrected chi connectivity index (χ4v) is 5.78. The molecule has 25 heavy (non-hydrogen) atoms. The quantitative estimate of drug-likeness (QED) is 0.186. The van der Waals surface area contributed by atoms with Gasteiger partial charge in [-0.15, -0.1) is 0 Å². The summed E-state index contributed by atoms with van der Waals surface area (Å²) in [5.41, 5.74) is 0. The Bertz CT molecular complexity index is 357. The first-order valence-corrected chi connectivity index (χ1v) is 14.1. The Hall–Kier alpha value is 1.43. The molecule has 3 nitrogen and oxygen atoms in total. The van der Waals surface area contributed by atoms with Crippen LogP contribution in [0.15, 0.2) is 0 Å². The summed E-state index contributed by atoms with van der Waals surface area (Å²) < 4.78 is 29.8. The van der Waals surface area contributed by atoms with E-state index in [0.29, 0.717) is 21.4 Å². The molecular weight excluding hydrogens is 410 g/mol. The van der Waals surface area contributed by atoms with Gasteiger partial charge in [0.05, 0.1) is 0 Å². The molecule has 0 aromatic heterocycles. The predicted molar refractivity (Wildman–Crippen MR) is 108 cm³/mol. The zero-order valence-corrected chi connectivity index (χ0v) is 21.3. The van der Waals surface area contributed by atoms with E-state index in [-0.39, 0.29) is 36.7 Å². The summed E-state index contributed by atoms with van der Waals surface area (Å²) in [4.78, 5) is 0. The van der Waals surface area contributed by atoms with Crippen LogP contribution in [-0.2, 0) is 10.1 Å². The first-order chi connectivity index (χ1) is 11.6. The molecule has 0 spiro atoms. The summed E-state index contributed by atoms with van der Waals surface area (Å²) in [6, 6.07) is 0. The Morgan fingerprint density at radius 1 is 0.680 bits per heavy atom. The fraction of sp³-hybridized carbons (Fsp3) is 1.00. The molecule has 6 heteroatoms. The standard InChI is InChI=1S/C19H40O3SSe.Na.H/c1-2-3-4-5-6-7-8-9-10-11-12-13-14-15-18-24-19-16-17-23(20,21)22;;/h2-19H2,1H3,(H,20,21,22);;/q;+1;-1. The van der Waals surface area contributed by atoms with Crippen molar-refractivity contribution in [1.29, 1.82) is 0 Å². The molecule has 0 saturated heterocycles. The van der Waals surface area contributed by atoms with Crippen LogP contribution in [0.3, 0.4) is 0 Å². The van der Waals surface area contributed by atoms with Crippen LogP contribution in [0.2, 0.25) is 10.6 Å². The molecule has 0 radical (unpaired) electrons. The van der Waals surface area contributed by atoms with Gasteiger partial charge < -0.3 is 1.43 Å². The van der Waals surface area contributed by atoms with Crippen molar-refractivity contribution in [2.24, 2.45) is 0 Å². The average Bonchev–Trinajstić information content (AvgIpc) is 2.52. The van der Waals surface area contributed by atoms with E-state index in [4.69, 9.17) is 4.55 Å². The molecule has 1 N–H and O–H groups in total. The SMILES string of the molecule is CCCCCCCCCCCCCCCC[Se]CCCS(=O)(=O)O.[H-].[Na+]. The Balaban J connectivity index is -0.00000264. The van der Waals surface area contributed by atoms with Crippen LogP contribution in [0, 0.1) is 0 Å². The van der Waals surface area contributed by atoms with Crippen molar-refractivity contribution in [1.82, 2.24) is 0 Å². The minimum absolute atomic E-state index is 0. The Labute approximate surface area is 187 Å². The minimum Gasteiger partial charge on any atom is -1.00 e. The van der Waals surface area contributed by atoms with Crippen LogP contribution in [-0.4, -0.2) is 33.7 Å². The molecule has 0 saturated carbocycles. The maximum Gasteiger partial charge on any atom is 1.00 e. The summed E-state index contributed by atoms with van der Waals surface area (Å²) >= 11 is 0.557. The second-order valence-corrected chi connectivity index (χ2v) is 11.0. The molecule has 0 aliphatic heterocycles. The summed E-state index contributed by atoms with van der Waals surface area (Å²) in [5, 5.41) is 2.24. The van der Waals surface area contributed by atoms with E-state index in [2.05, 4.69) is 6.92 Å². The molecule has 0 atom stereocenters. The van der Waals surface area contributed by atoms with E-state index in [0.717, 1.165) is 5.32 Å². The maximum absolute atomic E-state index is 10.6. The fourth-order valence-electron chi connectivity index (χ4n) is 2.84. The summed E-state index contributed by atoms with van der Waals surface area (Å²) in [5.74, 6) is -0.0620. The van der Waals surface area contributed by atoms with Crippen molar-refractivity contribution in [3.05, 3.63) is 0 Å². The van der Waals surface area contributed by atoms with Crippen molar-refractivity contribution < 1.29 is 44.0 Å². The van der Waals surface area contributed by atoms with Crippen LogP contribution in [0.1, 0.15) is 105 Å². The van der Waals surface area contributed by atoms with E-state index >= 15 is 0 Å². The van der Waals surface area contributed by atoms with Gasteiger partial charge in [-0.3, -0.25) is 0 Å². The maximum atomic E-state index is 10.6. The summed E-state index contributed by atoms with van der Waals surface area (Å²) in [6.45, 7) is 2.27. The Morgan fingerprint density at radius 2 is 1.04 bits per heavy atom. The molecule has 0 aromatic rings. The topological polar surface area (TPSA) is 54.4 Å². The largest absolute Gasteiger partial charge is 1.00 e. The van der Waals surface area contributed by atoms with Gasteiger partial charge in [0.15, 0.2) is 0 Å². The summed E-state index contributed by atoms with van der Waals surface area (Å²) in [6.07, 6.45) is 20.1. The van der Waals surface area contributed by atoms with Crippen molar-refractivity contribution in [2.45, 2.75) is 114 Å². The monoisotopic (exact) mass is 452 g/mol. The molecule has 0 heterocycles. The van der Waals surface area contributed by atoms with Gasteiger partial charge in [-0.1, -0.05) is 26.2 Å². The molecule has 0 aliphatic rings. The average molecular weight is 452 g/mol. The van der Waals surface area contributed by atoms with Crippen LogP contribution < -0.4 is 29.6 Å². The molecule has 148 valence electrons. The summed E-state index contributed by atoms with van der Waals surface area (Å²) in [7, 11) is -3.74. The first-order valence-electron chi connectivity index (χ1n) is 10.1. The van der Waals surface area contributed by atoms with Crippen LogP contribution in [0.5, 0.6) is 0 Å². The molecule has 0 bridgehead atoms. The van der Waals surface area contributed by atoms with Crippen molar-refractivity contribution in [2.75, 3.05) is 5.75 Å². The number of unbranched alkanes of at least 4 members (excludes halogenated alkanes) is 13. The molecule has 0 amide bonds. The van der Waals surface area contributed by atoms with Gasteiger partial charge in [-0.2, -0.15) is 0 Å². The van der Waals surface area contributed by atoms with Crippen LogP contribution >= 0.6 is 0 Å². The van der Waals surface area contributed by atoms with E-state index in [9.17, 15) is 8.42 Å². The zero-order valence-electron chi connectivity index (χ0n) is 17.8. The van der Waals surface area contributed by atoms with Crippen LogP contribution in [0.25, 0.3) is 0 Å². The Kier molecular flexibility index (Phi) is 24.9. The third-order valence-corrected chi connectivity index (χ3v) is 7.56. The smallest absolute Gasteiger partial charge is 1.00 e. The number of hydrogen-bond donors (Lipinski definition) is 1. The minimum atomic E-state index is -3.74. The Morgan fingerprint density at radius 3 is 1.44 bits per heavy atom. The second kappa shape index (κ2) is 21.7. The third-order valence-electron chi connectivity index (χ3n) is 4.33. The first kappa shape index (κ1) is 28.6. The normalized spacial score (nSPS) is 11.4. The van der Waals surface area contributed by atoms with E-state index in [1.54, 1.807) is 0 Å². The van der Waals surface area contributed by atoms with Gasteiger partial charge in [0, 0.05) is 0 Å². The van der Waals surface area contributed by atoms with Gasteiger partial charge in [0.25, 0.3) is 0 Å².